The predicted molar refractivity (Wildman–Crippen MR) is 86.5 cm³/mol. The number of fused-ring (bicyclic) bond motifs is 1. The molecule has 0 fully saturated rings. The molecule has 1 heterocycles. The highest BCUT2D eigenvalue weighted by Crippen LogP contribution is 2.40. The van der Waals surface area contributed by atoms with Gasteiger partial charge in [0.2, 0.25) is 0 Å². The fraction of sp³-hybridized carbons (Fsp3) is 0.368. The van der Waals surface area contributed by atoms with E-state index in [1.807, 2.05) is 0 Å². The molecule has 0 amide bonds. The molecular weight excluding hydrogens is 242 g/mol. The van der Waals surface area contributed by atoms with Crippen LogP contribution in [0.15, 0.2) is 42.5 Å². The Bertz CT molecular complexity index is 598. The summed E-state index contributed by atoms with van der Waals surface area (Å²) in [4.78, 5) is 0. The summed E-state index contributed by atoms with van der Waals surface area (Å²) >= 11 is 0. The molecule has 0 saturated heterocycles. The highest BCUT2D eigenvalue weighted by Gasteiger charge is 2.31. The Kier molecular flexibility index (Phi) is 3.52. The minimum atomic E-state index is 0.562. The Balaban J connectivity index is 1.92. The second kappa shape index (κ2) is 5.32. The van der Waals surface area contributed by atoms with E-state index in [1.165, 1.54) is 34.4 Å². The molecule has 104 valence electrons. The van der Waals surface area contributed by atoms with E-state index in [-0.39, 0.29) is 0 Å². The van der Waals surface area contributed by atoms with Crippen LogP contribution in [0.2, 0.25) is 0 Å². The van der Waals surface area contributed by atoms with Gasteiger partial charge in [-0.1, -0.05) is 55.0 Å². The number of para-hydroxylation sites is 1. The van der Waals surface area contributed by atoms with Crippen molar-refractivity contribution < 1.29 is 0 Å². The summed E-state index contributed by atoms with van der Waals surface area (Å²) < 4.78 is 0. The molecule has 2 atom stereocenters. The maximum atomic E-state index is 3.73. The lowest BCUT2D eigenvalue weighted by molar-refractivity contribution is 0.574. The Morgan fingerprint density at radius 2 is 1.75 bits per heavy atom. The number of aryl methyl sites for hydroxylation is 2. The van der Waals surface area contributed by atoms with Gasteiger partial charge in [-0.05, 0) is 43.4 Å². The SMILES string of the molecule is CCC1Nc2c(C)cccc2C1Cc1ccc(C)cc1. The molecule has 20 heavy (non-hydrogen) atoms. The Morgan fingerprint density at radius 1 is 1.00 bits per heavy atom. The molecule has 0 aliphatic carbocycles. The number of rotatable bonds is 3. The van der Waals surface area contributed by atoms with Crippen molar-refractivity contribution in [3.05, 3.63) is 64.7 Å². The normalized spacial score (nSPS) is 20.6. The number of nitrogens with one attached hydrogen (secondary N) is 1. The number of anilines is 1. The van der Waals surface area contributed by atoms with Gasteiger partial charge in [0.15, 0.2) is 0 Å². The van der Waals surface area contributed by atoms with Gasteiger partial charge in [0.25, 0.3) is 0 Å². The van der Waals surface area contributed by atoms with Crippen LogP contribution in [0.3, 0.4) is 0 Å². The first-order chi connectivity index (χ1) is 9.69. The fourth-order valence-corrected chi connectivity index (χ4v) is 3.32. The second-order valence-corrected chi connectivity index (χ2v) is 5.99. The predicted octanol–water partition coefficient (Wildman–Crippen LogP) is 4.83. The van der Waals surface area contributed by atoms with Gasteiger partial charge in [-0.3, -0.25) is 0 Å². The lowest BCUT2D eigenvalue weighted by Gasteiger charge is -2.19. The molecular formula is C19H23N. The molecule has 2 unspecified atom stereocenters. The summed E-state index contributed by atoms with van der Waals surface area (Å²) in [5, 5.41) is 3.73. The molecule has 2 aromatic rings. The van der Waals surface area contributed by atoms with E-state index >= 15 is 0 Å². The highest BCUT2D eigenvalue weighted by atomic mass is 15.0. The second-order valence-electron chi connectivity index (χ2n) is 5.99. The van der Waals surface area contributed by atoms with Crippen molar-refractivity contribution in [2.75, 3.05) is 5.32 Å². The molecule has 1 aliphatic rings. The minimum Gasteiger partial charge on any atom is -0.381 e. The Morgan fingerprint density at radius 3 is 2.45 bits per heavy atom. The van der Waals surface area contributed by atoms with E-state index in [9.17, 15) is 0 Å². The van der Waals surface area contributed by atoms with E-state index in [0.29, 0.717) is 12.0 Å². The van der Waals surface area contributed by atoms with Crippen molar-refractivity contribution in [1.82, 2.24) is 0 Å². The van der Waals surface area contributed by atoms with Crippen LogP contribution in [-0.4, -0.2) is 6.04 Å². The standard InChI is InChI=1S/C19H23N/c1-4-18-17(12-15-10-8-13(2)9-11-15)16-7-5-6-14(3)19(16)20-18/h5-11,17-18,20H,4,12H2,1-3H3. The maximum Gasteiger partial charge on any atom is 0.0408 e. The van der Waals surface area contributed by atoms with E-state index in [4.69, 9.17) is 0 Å². The lowest BCUT2D eigenvalue weighted by Crippen LogP contribution is -2.21. The molecule has 1 N–H and O–H groups in total. The van der Waals surface area contributed by atoms with Crippen LogP contribution in [-0.2, 0) is 6.42 Å². The molecule has 1 aliphatic heterocycles. The van der Waals surface area contributed by atoms with Gasteiger partial charge in [0.1, 0.15) is 0 Å². The first-order valence-electron chi connectivity index (χ1n) is 7.60. The highest BCUT2D eigenvalue weighted by molar-refractivity contribution is 5.64. The zero-order valence-electron chi connectivity index (χ0n) is 12.6. The van der Waals surface area contributed by atoms with Crippen molar-refractivity contribution in [2.24, 2.45) is 0 Å². The Labute approximate surface area is 122 Å². The van der Waals surface area contributed by atoms with Crippen LogP contribution >= 0.6 is 0 Å². The zero-order chi connectivity index (χ0) is 14.1. The molecule has 1 nitrogen and oxygen atoms in total. The van der Waals surface area contributed by atoms with Crippen molar-refractivity contribution >= 4 is 5.69 Å². The van der Waals surface area contributed by atoms with Crippen LogP contribution in [0.4, 0.5) is 5.69 Å². The van der Waals surface area contributed by atoms with Crippen molar-refractivity contribution in [2.45, 2.75) is 45.6 Å². The van der Waals surface area contributed by atoms with Crippen LogP contribution < -0.4 is 5.32 Å². The van der Waals surface area contributed by atoms with Crippen LogP contribution in [0.5, 0.6) is 0 Å². The first kappa shape index (κ1) is 13.2. The van der Waals surface area contributed by atoms with Crippen LogP contribution in [0.1, 0.15) is 41.5 Å². The van der Waals surface area contributed by atoms with Gasteiger partial charge in [0.05, 0.1) is 0 Å². The third-order valence-corrected chi connectivity index (χ3v) is 4.54. The van der Waals surface area contributed by atoms with E-state index in [2.05, 4.69) is 68.6 Å². The van der Waals surface area contributed by atoms with E-state index in [0.717, 1.165) is 6.42 Å². The summed E-state index contributed by atoms with van der Waals surface area (Å²) in [6.07, 6.45) is 2.30. The largest absolute Gasteiger partial charge is 0.381 e. The van der Waals surface area contributed by atoms with Crippen molar-refractivity contribution in [3.63, 3.8) is 0 Å². The molecule has 2 aromatic carbocycles. The van der Waals surface area contributed by atoms with Gasteiger partial charge in [0, 0.05) is 17.6 Å². The van der Waals surface area contributed by atoms with Crippen molar-refractivity contribution in [1.29, 1.82) is 0 Å². The van der Waals surface area contributed by atoms with Crippen LogP contribution in [0, 0.1) is 13.8 Å². The summed E-state index contributed by atoms with van der Waals surface area (Å²) in [5.41, 5.74) is 7.01. The number of hydrogen-bond acceptors (Lipinski definition) is 1. The first-order valence-corrected chi connectivity index (χ1v) is 7.60. The molecule has 0 bridgehead atoms. The topological polar surface area (TPSA) is 12.0 Å². The molecule has 0 radical (unpaired) electrons. The van der Waals surface area contributed by atoms with Gasteiger partial charge in [-0.25, -0.2) is 0 Å². The molecule has 0 spiro atoms. The van der Waals surface area contributed by atoms with Gasteiger partial charge >= 0.3 is 0 Å². The minimum absolute atomic E-state index is 0.562. The quantitative estimate of drug-likeness (QED) is 0.837. The van der Waals surface area contributed by atoms with Gasteiger partial charge in [-0.15, -0.1) is 0 Å². The molecule has 1 heteroatoms. The number of hydrogen-bond donors (Lipinski definition) is 1. The monoisotopic (exact) mass is 265 g/mol. The average molecular weight is 265 g/mol. The third-order valence-electron chi connectivity index (χ3n) is 4.54. The molecule has 0 aromatic heterocycles. The van der Waals surface area contributed by atoms with Crippen LogP contribution in [0.25, 0.3) is 0 Å². The summed E-state index contributed by atoms with van der Waals surface area (Å²) in [6.45, 7) is 6.63. The molecule has 0 saturated carbocycles. The lowest BCUT2D eigenvalue weighted by atomic mass is 9.87. The van der Waals surface area contributed by atoms with Crippen molar-refractivity contribution in [3.8, 4) is 0 Å². The third kappa shape index (κ3) is 2.33. The zero-order valence-corrected chi connectivity index (χ0v) is 12.6. The Hall–Kier alpha value is -1.76. The maximum absolute atomic E-state index is 3.73. The van der Waals surface area contributed by atoms with E-state index in [1.54, 1.807) is 0 Å². The number of benzene rings is 2. The van der Waals surface area contributed by atoms with E-state index < -0.39 is 0 Å². The fourth-order valence-electron chi connectivity index (χ4n) is 3.32. The average Bonchev–Trinajstić information content (AvgIpc) is 2.81. The van der Waals surface area contributed by atoms with Gasteiger partial charge in [-0.2, -0.15) is 0 Å². The molecule has 3 rings (SSSR count). The van der Waals surface area contributed by atoms with Gasteiger partial charge < -0.3 is 5.32 Å². The smallest absolute Gasteiger partial charge is 0.0408 e. The summed E-state index contributed by atoms with van der Waals surface area (Å²) in [7, 11) is 0. The summed E-state index contributed by atoms with van der Waals surface area (Å²) in [6, 6.07) is 16.2. The summed E-state index contributed by atoms with van der Waals surface area (Å²) in [5.74, 6) is 0.595.